The number of likely N-dealkylation sites (tertiary alicyclic amines) is 1. The van der Waals surface area contributed by atoms with Crippen LogP contribution in [0, 0.1) is 17.8 Å². The maximum Gasteiger partial charge on any atom is 0.264 e. The molecule has 9 nitrogen and oxygen atoms in total. The van der Waals surface area contributed by atoms with Gasteiger partial charge in [-0.15, -0.1) is 0 Å². The van der Waals surface area contributed by atoms with E-state index in [2.05, 4.69) is 9.62 Å². The van der Waals surface area contributed by atoms with Crippen LogP contribution in [0.15, 0.2) is 48.6 Å². The Kier molecular flexibility index (Phi) is 8.95. The fraction of sp³-hybridized carbons (Fsp3) is 0.515. The molecule has 0 unspecified atom stereocenters. The third-order valence-corrected chi connectivity index (χ3v) is 11.9. The number of nitrogens with one attached hydrogen (secondary N) is 1. The summed E-state index contributed by atoms with van der Waals surface area (Å²) in [5, 5.41) is 10.9. The Hall–Kier alpha value is -3.08. The van der Waals surface area contributed by atoms with Crippen LogP contribution in [-0.2, 0) is 27.8 Å². The number of hydrogen-bond acceptors (Lipinski definition) is 7. The van der Waals surface area contributed by atoms with Crippen LogP contribution < -0.4 is 14.4 Å². The number of aryl methyl sites for hydroxylation is 1. The lowest BCUT2D eigenvalue weighted by molar-refractivity contribution is -0.127. The number of carbonyl (C=O) groups is 2. The van der Waals surface area contributed by atoms with Crippen LogP contribution in [0.2, 0.25) is 5.02 Å². The molecule has 3 aliphatic heterocycles. The van der Waals surface area contributed by atoms with E-state index in [0.29, 0.717) is 30.3 Å². The molecule has 2 aromatic rings. The Morgan fingerprint density at radius 1 is 1.05 bits per heavy atom. The van der Waals surface area contributed by atoms with Gasteiger partial charge in [-0.2, -0.15) is 0 Å². The average Bonchev–Trinajstić information content (AvgIpc) is 3.39. The van der Waals surface area contributed by atoms with Crippen molar-refractivity contribution >= 4 is 39.1 Å². The Morgan fingerprint density at radius 3 is 2.66 bits per heavy atom. The number of carbonyl (C=O) groups excluding carboxylic acids is 2. The van der Waals surface area contributed by atoms with E-state index < -0.39 is 33.2 Å². The van der Waals surface area contributed by atoms with E-state index in [4.69, 9.17) is 16.3 Å². The van der Waals surface area contributed by atoms with Gasteiger partial charge in [-0.05, 0) is 91.8 Å². The first-order valence-electron chi connectivity index (χ1n) is 15.5. The minimum absolute atomic E-state index is 0.0161. The van der Waals surface area contributed by atoms with Crippen molar-refractivity contribution in [2.75, 3.05) is 31.1 Å². The first-order valence-corrected chi connectivity index (χ1v) is 17.5. The van der Waals surface area contributed by atoms with Crippen molar-refractivity contribution in [3.05, 3.63) is 70.3 Å². The predicted octanol–water partition coefficient (Wildman–Crippen LogP) is 4.32. The number of amides is 2. The number of benzene rings is 2. The molecular weight excluding hydrogens is 602 g/mol. The number of allylic oxidation sites excluding steroid dienone is 1. The zero-order valence-electron chi connectivity index (χ0n) is 25.0. The molecule has 0 aromatic heterocycles. The molecule has 1 aliphatic carbocycles. The minimum atomic E-state index is -4.12. The molecule has 6 rings (SSSR count). The molecule has 236 valence electrons. The van der Waals surface area contributed by atoms with Crippen LogP contribution in [0.3, 0.4) is 0 Å². The Balaban J connectivity index is 1.38. The van der Waals surface area contributed by atoms with Crippen LogP contribution >= 0.6 is 11.6 Å². The summed E-state index contributed by atoms with van der Waals surface area (Å²) in [6.07, 6.45) is 7.96. The van der Waals surface area contributed by atoms with Crippen molar-refractivity contribution in [2.24, 2.45) is 17.8 Å². The van der Waals surface area contributed by atoms with Gasteiger partial charge in [-0.3, -0.25) is 9.59 Å². The SMILES string of the molecule is CC(=O)N1C[C@H]2C/C=C/[C@H](O)[C@@H]3CC[C@H]3CN3CCCCc4cc(Cl)ccc4COc4ccc(cc43)C(=O)NS(=O)(=O)[C@@H]2C1. The van der Waals surface area contributed by atoms with E-state index in [-0.39, 0.29) is 36.4 Å². The minimum Gasteiger partial charge on any atom is -0.487 e. The first kappa shape index (κ1) is 30.9. The van der Waals surface area contributed by atoms with Crippen LogP contribution in [0.5, 0.6) is 5.75 Å². The van der Waals surface area contributed by atoms with Gasteiger partial charge in [0.05, 0.1) is 11.8 Å². The number of halogens is 1. The molecule has 44 heavy (non-hydrogen) atoms. The number of rotatable bonds is 0. The number of hydrogen-bond donors (Lipinski definition) is 2. The van der Waals surface area contributed by atoms with E-state index >= 15 is 0 Å². The number of nitrogens with zero attached hydrogens (tertiary/aromatic N) is 2. The topological polar surface area (TPSA) is 116 Å². The lowest BCUT2D eigenvalue weighted by atomic mass is 9.70. The molecule has 2 amide bonds. The number of fused-ring (bicyclic) bond motifs is 4. The summed E-state index contributed by atoms with van der Waals surface area (Å²) in [4.78, 5) is 29.4. The van der Waals surface area contributed by atoms with Gasteiger partial charge < -0.3 is 19.6 Å². The summed E-state index contributed by atoms with van der Waals surface area (Å²) in [5.74, 6) is -0.370. The van der Waals surface area contributed by atoms with Gasteiger partial charge in [0, 0.05) is 49.6 Å². The van der Waals surface area contributed by atoms with E-state index in [1.54, 1.807) is 24.3 Å². The van der Waals surface area contributed by atoms with Gasteiger partial charge in [-0.25, -0.2) is 13.1 Å². The van der Waals surface area contributed by atoms with Crippen LogP contribution in [0.4, 0.5) is 5.69 Å². The zero-order valence-corrected chi connectivity index (χ0v) is 26.5. The van der Waals surface area contributed by atoms with E-state index in [0.717, 1.165) is 55.5 Å². The molecule has 2 fully saturated rings. The highest BCUT2D eigenvalue weighted by molar-refractivity contribution is 7.90. The summed E-state index contributed by atoms with van der Waals surface area (Å²) < 4.78 is 35.9. The summed E-state index contributed by atoms with van der Waals surface area (Å²) in [7, 11) is -4.12. The number of aliphatic hydroxyl groups is 1. The second-order valence-corrected chi connectivity index (χ2v) is 15.0. The first-order chi connectivity index (χ1) is 21.1. The monoisotopic (exact) mass is 641 g/mol. The van der Waals surface area contributed by atoms with Crippen molar-refractivity contribution in [3.63, 3.8) is 0 Å². The molecular formula is C33H40ClN3O6S. The molecule has 1 saturated carbocycles. The molecule has 11 heteroatoms. The molecule has 4 aliphatic rings. The van der Waals surface area contributed by atoms with Gasteiger partial charge in [0.2, 0.25) is 15.9 Å². The summed E-state index contributed by atoms with van der Waals surface area (Å²) in [6.45, 7) is 3.45. The highest BCUT2D eigenvalue weighted by Crippen LogP contribution is 2.41. The highest BCUT2D eigenvalue weighted by Gasteiger charge is 2.43. The number of anilines is 1. The summed E-state index contributed by atoms with van der Waals surface area (Å²) >= 11 is 6.31. The Bertz CT molecular complexity index is 1560. The van der Waals surface area contributed by atoms with E-state index in [1.807, 2.05) is 24.3 Å². The largest absolute Gasteiger partial charge is 0.487 e. The summed E-state index contributed by atoms with van der Waals surface area (Å²) in [5.41, 5.74) is 3.16. The molecule has 0 radical (unpaired) electrons. The fourth-order valence-corrected chi connectivity index (χ4v) is 8.91. The molecule has 3 heterocycles. The van der Waals surface area contributed by atoms with Gasteiger partial charge in [0.15, 0.2) is 0 Å². The second kappa shape index (κ2) is 12.7. The van der Waals surface area contributed by atoms with Gasteiger partial charge in [0.25, 0.3) is 5.91 Å². The number of ether oxygens (including phenoxy) is 1. The van der Waals surface area contributed by atoms with Gasteiger partial charge in [-0.1, -0.05) is 29.8 Å². The van der Waals surface area contributed by atoms with E-state index in [1.165, 1.54) is 11.8 Å². The van der Waals surface area contributed by atoms with Crippen molar-refractivity contribution in [1.82, 2.24) is 9.62 Å². The van der Waals surface area contributed by atoms with Crippen molar-refractivity contribution in [1.29, 1.82) is 0 Å². The highest BCUT2D eigenvalue weighted by atomic mass is 35.5. The third kappa shape index (κ3) is 6.48. The van der Waals surface area contributed by atoms with Gasteiger partial charge >= 0.3 is 0 Å². The van der Waals surface area contributed by atoms with E-state index in [9.17, 15) is 23.1 Å². The average molecular weight is 642 g/mol. The lowest BCUT2D eigenvalue weighted by Crippen LogP contribution is -2.44. The van der Waals surface area contributed by atoms with Crippen LogP contribution in [0.1, 0.15) is 60.5 Å². The number of aliphatic hydroxyl groups excluding tert-OH is 1. The normalized spacial score (nSPS) is 29.4. The smallest absolute Gasteiger partial charge is 0.264 e. The van der Waals surface area contributed by atoms with Crippen LogP contribution in [-0.4, -0.2) is 67.8 Å². The molecule has 2 bridgehead atoms. The maximum absolute atomic E-state index is 13.6. The molecule has 2 N–H and O–H groups in total. The quantitative estimate of drug-likeness (QED) is 0.412. The maximum atomic E-state index is 13.6. The molecule has 5 atom stereocenters. The molecule has 1 saturated heterocycles. The Labute approximate surface area is 264 Å². The van der Waals surface area contributed by atoms with Crippen molar-refractivity contribution < 1.29 is 27.9 Å². The Morgan fingerprint density at radius 2 is 1.89 bits per heavy atom. The lowest BCUT2D eigenvalue weighted by Gasteiger charge is -2.42. The fourth-order valence-electron chi connectivity index (χ4n) is 7.11. The summed E-state index contributed by atoms with van der Waals surface area (Å²) in [6, 6.07) is 10.9. The second-order valence-electron chi connectivity index (χ2n) is 12.6. The molecule has 2 aromatic carbocycles. The predicted molar refractivity (Wildman–Crippen MR) is 169 cm³/mol. The van der Waals surface area contributed by atoms with Crippen LogP contribution in [0.25, 0.3) is 0 Å². The third-order valence-electron chi connectivity index (χ3n) is 9.84. The zero-order chi connectivity index (χ0) is 31.0. The number of sulfonamides is 1. The van der Waals surface area contributed by atoms with Gasteiger partial charge in [0.1, 0.15) is 17.6 Å². The van der Waals surface area contributed by atoms with Crippen molar-refractivity contribution in [2.45, 2.75) is 63.4 Å². The van der Waals surface area contributed by atoms with Crippen molar-refractivity contribution in [3.8, 4) is 5.75 Å². The molecule has 0 spiro atoms. The standard InChI is InChI=1S/C33H40ClN3O6S/c1-21(38)37-18-25-6-4-7-30(39)28-12-9-24(28)17-36-14-3-2-5-22-15-27(34)11-8-26(22)20-43-31-13-10-23(16-29(31)36)33(40)35-44(41,42)32(25)19-37/h4,7-8,10-11,13,15-16,24-25,28,30,32,39H,2-3,5-6,9,12,14,17-20H2,1H3,(H,35,40)/b7-4+/t24-,25+,28+,30-,32+/m0/s1.